The summed E-state index contributed by atoms with van der Waals surface area (Å²) in [5.41, 5.74) is 0.373. The summed E-state index contributed by atoms with van der Waals surface area (Å²) < 4.78 is 31.3. The lowest BCUT2D eigenvalue weighted by Crippen LogP contribution is -2.63. The highest BCUT2D eigenvalue weighted by atomic mass is 16.5. The molecule has 8 aliphatic rings. The Hall–Kier alpha value is -0.280. The van der Waals surface area contributed by atoms with E-state index in [1.807, 2.05) is 0 Å². The van der Waals surface area contributed by atoms with Gasteiger partial charge < -0.3 is 23.7 Å². The van der Waals surface area contributed by atoms with Gasteiger partial charge in [0.05, 0.1) is 64.1 Å². The minimum absolute atomic E-state index is 0.178. The van der Waals surface area contributed by atoms with E-state index in [1.54, 1.807) is 0 Å². The molecule has 0 N–H and O–H groups in total. The van der Waals surface area contributed by atoms with Gasteiger partial charge in [0.25, 0.3) is 0 Å². The van der Waals surface area contributed by atoms with Crippen molar-refractivity contribution in [1.82, 2.24) is 9.80 Å². The SMILES string of the molecule is C1COCCN2CCOCCOCCN(CCO1)CCC13OC4(CC2)C2C5C6C(CC61)C2C4C53. The van der Waals surface area contributed by atoms with E-state index in [4.69, 9.17) is 23.7 Å². The quantitative estimate of drug-likeness (QED) is 0.526. The van der Waals surface area contributed by atoms with Crippen molar-refractivity contribution >= 4 is 0 Å². The van der Waals surface area contributed by atoms with Gasteiger partial charge in [-0.3, -0.25) is 9.80 Å². The Morgan fingerprint density at radius 3 is 1.62 bits per heavy atom. The standard InChI is InChI=1S/C27H42N2O5/c1-3-28-5-9-30-13-15-32-11-7-29(8-12-33-16-14-31-10-6-28)4-2-27-23-21-18-17-19-20(18)22(23)25(24(21)27)26(1,19)34-27/h18-25H,1-17H2. The fourth-order valence-corrected chi connectivity index (χ4v) is 10.8. The molecule has 5 saturated carbocycles. The van der Waals surface area contributed by atoms with Gasteiger partial charge in [0.2, 0.25) is 0 Å². The molecule has 3 saturated heterocycles. The van der Waals surface area contributed by atoms with E-state index in [2.05, 4.69) is 9.80 Å². The molecule has 3 aliphatic heterocycles. The zero-order valence-electron chi connectivity index (χ0n) is 20.6. The van der Waals surface area contributed by atoms with Gasteiger partial charge in [0.15, 0.2) is 0 Å². The number of hydrogen-bond acceptors (Lipinski definition) is 7. The molecular formula is C27H42N2O5. The van der Waals surface area contributed by atoms with Crippen LogP contribution in [0.3, 0.4) is 0 Å². The van der Waals surface area contributed by atoms with Crippen molar-refractivity contribution in [3.8, 4) is 0 Å². The molecule has 5 aliphatic carbocycles. The minimum atomic E-state index is 0.178. The van der Waals surface area contributed by atoms with E-state index in [-0.39, 0.29) is 11.2 Å². The van der Waals surface area contributed by atoms with Crippen molar-refractivity contribution < 1.29 is 23.7 Å². The first-order chi connectivity index (χ1) is 16.8. The molecule has 10 atom stereocenters. The lowest BCUT2D eigenvalue weighted by molar-refractivity contribution is -0.262. The summed E-state index contributed by atoms with van der Waals surface area (Å²) in [4.78, 5) is 5.15. The summed E-state index contributed by atoms with van der Waals surface area (Å²) in [5, 5.41) is 0. The van der Waals surface area contributed by atoms with E-state index in [9.17, 15) is 0 Å². The van der Waals surface area contributed by atoms with Crippen molar-refractivity contribution in [2.24, 2.45) is 47.3 Å². The fraction of sp³-hybridized carbons (Fsp3) is 1.00. The summed E-state index contributed by atoms with van der Waals surface area (Å²) >= 11 is 0. The third kappa shape index (κ3) is 2.78. The number of ether oxygens (including phenoxy) is 5. The largest absolute Gasteiger partial charge is 0.378 e. The van der Waals surface area contributed by atoms with Gasteiger partial charge in [-0.25, -0.2) is 0 Å². The first-order valence-electron chi connectivity index (χ1n) is 14.3. The predicted molar refractivity (Wildman–Crippen MR) is 124 cm³/mol. The average molecular weight is 475 g/mol. The van der Waals surface area contributed by atoms with Crippen LogP contribution in [-0.2, 0) is 23.7 Å². The second-order valence-electron chi connectivity index (χ2n) is 12.5. The Balaban J connectivity index is 1.10. The third-order valence-electron chi connectivity index (χ3n) is 11.8. The average Bonchev–Trinajstić information content (AvgIpc) is 3.42. The highest BCUT2D eigenvalue weighted by Gasteiger charge is 2.96. The summed E-state index contributed by atoms with van der Waals surface area (Å²) in [6, 6.07) is 0. The highest BCUT2D eigenvalue weighted by Crippen LogP contribution is 2.94. The molecule has 8 rings (SSSR count). The Morgan fingerprint density at radius 2 is 1.03 bits per heavy atom. The molecule has 7 heteroatoms. The van der Waals surface area contributed by atoms with E-state index >= 15 is 0 Å². The molecule has 2 spiro atoms. The van der Waals surface area contributed by atoms with Gasteiger partial charge >= 0.3 is 0 Å². The predicted octanol–water partition coefficient (Wildman–Crippen LogP) is 1.36. The van der Waals surface area contributed by atoms with Crippen LogP contribution in [0.5, 0.6) is 0 Å². The zero-order valence-corrected chi connectivity index (χ0v) is 20.6. The third-order valence-corrected chi connectivity index (χ3v) is 11.8. The monoisotopic (exact) mass is 474 g/mol. The van der Waals surface area contributed by atoms with Crippen LogP contribution in [0.1, 0.15) is 19.3 Å². The summed E-state index contributed by atoms with van der Waals surface area (Å²) in [7, 11) is 0. The molecule has 7 nitrogen and oxygen atoms in total. The van der Waals surface area contributed by atoms with Gasteiger partial charge in [-0.05, 0) is 66.6 Å². The molecule has 0 aromatic rings. The van der Waals surface area contributed by atoms with Gasteiger partial charge in [0.1, 0.15) is 0 Å². The Morgan fingerprint density at radius 1 is 0.500 bits per heavy atom. The van der Waals surface area contributed by atoms with Crippen molar-refractivity contribution in [1.29, 1.82) is 0 Å². The molecule has 10 unspecified atom stereocenters. The maximum absolute atomic E-state index is 7.50. The van der Waals surface area contributed by atoms with Crippen LogP contribution in [0.25, 0.3) is 0 Å². The minimum Gasteiger partial charge on any atom is -0.378 e. The molecule has 0 aromatic carbocycles. The number of fused-ring (bicyclic) bond motifs is 4. The topological polar surface area (TPSA) is 52.6 Å². The van der Waals surface area contributed by atoms with Crippen LogP contribution < -0.4 is 0 Å². The van der Waals surface area contributed by atoms with Crippen molar-refractivity contribution in [3.63, 3.8) is 0 Å². The molecule has 0 aromatic heterocycles. The highest BCUT2D eigenvalue weighted by molar-refractivity contribution is 5.43. The second kappa shape index (κ2) is 8.11. The lowest BCUT2D eigenvalue weighted by Gasteiger charge is -2.60. The van der Waals surface area contributed by atoms with E-state index in [1.165, 1.54) is 19.3 Å². The van der Waals surface area contributed by atoms with Crippen LogP contribution in [0, 0.1) is 47.3 Å². The van der Waals surface area contributed by atoms with Crippen LogP contribution >= 0.6 is 0 Å². The first kappa shape index (κ1) is 21.8. The molecule has 8 fully saturated rings. The van der Waals surface area contributed by atoms with E-state index in [0.29, 0.717) is 26.4 Å². The normalized spacial score (nSPS) is 58.6. The van der Waals surface area contributed by atoms with Crippen LogP contribution in [0.4, 0.5) is 0 Å². The second-order valence-corrected chi connectivity index (χ2v) is 12.5. The van der Waals surface area contributed by atoms with Crippen molar-refractivity contribution in [2.45, 2.75) is 30.5 Å². The molecule has 0 amide bonds. The maximum Gasteiger partial charge on any atom is 0.0771 e. The lowest BCUT2D eigenvalue weighted by atomic mass is 9.52. The van der Waals surface area contributed by atoms with Gasteiger partial charge in [-0.2, -0.15) is 0 Å². The number of hydrogen-bond donors (Lipinski definition) is 0. The number of rotatable bonds is 0. The molecular weight excluding hydrogens is 432 g/mol. The van der Waals surface area contributed by atoms with Crippen LogP contribution in [0.2, 0.25) is 0 Å². The Kier molecular flexibility index (Phi) is 5.19. The molecule has 8 bridgehead atoms. The van der Waals surface area contributed by atoms with Crippen molar-refractivity contribution in [3.05, 3.63) is 0 Å². The van der Waals surface area contributed by atoms with E-state index < -0.39 is 0 Å². The summed E-state index contributed by atoms with van der Waals surface area (Å²) in [5.74, 6) is 7.54. The summed E-state index contributed by atoms with van der Waals surface area (Å²) in [6.45, 7) is 11.9. The smallest absolute Gasteiger partial charge is 0.0771 e. The first-order valence-corrected chi connectivity index (χ1v) is 14.3. The zero-order chi connectivity index (χ0) is 22.3. The van der Waals surface area contributed by atoms with Gasteiger partial charge in [-0.1, -0.05) is 0 Å². The van der Waals surface area contributed by atoms with Crippen LogP contribution in [0.15, 0.2) is 0 Å². The molecule has 3 heterocycles. The molecule has 0 radical (unpaired) electrons. The Labute approximate surface area is 203 Å². The molecule has 190 valence electrons. The fourth-order valence-electron chi connectivity index (χ4n) is 10.8. The van der Waals surface area contributed by atoms with Gasteiger partial charge in [-0.15, -0.1) is 0 Å². The number of nitrogens with zero attached hydrogens (tertiary/aromatic N) is 2. The molecule has 34 heavy (non-hydrogen) atoms. The summed E-state index contributed by atoms with van der Waals surface area (Å²) in [6.07, 6.45) is 3.91. The van der Waals surface area contributed by atoms with Gasteiger partial charge in [0, 0.05) is 39.3 Å². The van der Waals surface area contributed by atoms with E-state index in [0.717, 1.165) is 113 Å². The van der Waals surface area contributed by atoms with Crippen LogP contribution in [-0.4, -0.2) is 113 Å². The maximum atomic E-state index is 7.50. The van der Waals surface area contributed by atoms with Crippen molar-refractivity contribution in [2.75, 3.05) is 92.1 Å². The Bertz CT molecular complexity index is 777.